The van der Waals surface area contributed by atoms with E-state index in [9.17, 15) is 9.36 Å². The van der Waals surface area contributed by atoms with E-state index in [1.54, 1.807) is 13.8 Å². The van der Waals surface area contributed by atoms with Crippen LogP contribution in [0.3, 0.4) is 0 Å². The van der Waals surface area contributed by atoms with Gasteiger partial charge in [-0.1, -0.05) is 0 Å². The van der Waals surface area contributed by atoms with Gasteiger partial charge in [0.2, 0.25) is 0 Å². The molecule has 0 aliphatic carbocycles. The second-order valence-corrected chi connectivity index (χ2v) is 4.48. The zero-order valence-electron chi connectivity index (χ0n) is 10.4. The minimum absolute atomic E-state index is 0. The van der Waals surface area contributed by atoms with Crippen LogP contribution in [0.1, 0.15) is 15.3 Å². The summed E-state index contributed by atoms with van der Waals surface area (Å²) < 4.78 is 21.6. The van der Waals surface area contributed by atoms with Crippen LogP contribution >= 0.6 is 7.60 Å². The molecule has 15 heavy (non-hydrogen) atoms. The fourth-order valence-electron chi connectivity index (χ4n) is 0.822. The number of hydrogen-bond acceptors (Lipinski definition) is 5. The molecule has 0 saturated heterocycles. The quantitative estimate of drug-likeness (QED) is 0.382. The van der Waals surface area contributed by atoms with E-state index in [2.05, 4.69) is 5.32 Å². The summed E-state index contributed by atoms with van der Waals surface area (Å²) in [4.78, 5) is 10.2. The monoisotopic (exact) mass is 249 g/mol. The van der Waals surface area contributed by atoms with Gasteiger partial charge in [0.1, 0.15) is 0 Å². The van der Waals surface area contributed by atoms with Crippen LogP contribution in [0, 0.1) is 0 Å². The Hall–Kier alpha value is 0.580. The van der Waals surface area contributed by atoms with Crippen LogP contribution in [-0.2, 0) is 18.4 Å². The third-order valence-corrected chi connectivity index (χ3v) is 3.15. The van der Waals surface area contributed by atoms with Gasteiger partial charge in [-0.05, 0) is 13.8 Å². The van der Waals surface area contributed by atoms with Gasteiger partial charge in [-0.3, -0.25) is 14.7 Å². The van der Waals surface area contributed by atoms with Crippen molar-refractivity contribution in [2.45, 2.75) is 13.8 Å². The first-order valence-electron chi connectivity index (χ1n) is 4.34. The summed E-state index contributed by atoms with van der Waals surface area (Å²) in [5.74, 6) is -1.01. The van der Waals surface area contributed by atoms with Crippen molar-refractivity contribution in [2.24, 2.45) is 0 Å². The van der Waals surface area contributed by atoms with Crippen molar-refractivity contribution in [2.75, 3.05) is 26.0 Å². The minimum atomic E-state index is -3.15. The smallest absolute Gasteiger partial charge is 1.00 e. The van der Waals surface area contributed by atoms with E-state index in [1.165, 1.54) is 0 Å². The number of carboxylic acid groups (broad SMARTS) is 1. The van der Waals surface area contributed by atoms with Crippen molar-refractivity contribution in [1.82, 2.24) is 5.32 Å². The van der Waals surface area contributed by atoms with Gasteiger partial charge in [0.25, 0.3) is 0 Å². The zero-order valence-corrected chi connectivity index (χ0v) is 12.3. The van der Waals surface area contributed by atoms with Crippen molar-refractivity contribution in [3.63, 3.8) is 0 Å². The van der Waals surface area contributed by atoms with Crippen LogP contribution in [0.15, 0.2) is 0 Å². The molecule has 0 radical (unpaired) electrons. The number of nitrogens with one attached hydrogen (secondary N) is 1. The molecule has 0 fully saturated rings. The number of carbonyl (C=O) groups is 1. The molecule has 0 aromatic rings. The molecular weight excluding hydrogens is 232 g/mol. The zero-order chi connectivity index (χ0) is 11.0. The van der Waals surface area contributed by atoms with Gasteiger partial charge in [-0.25, -0.2) is 0 Å². The third kappa shape index (κ3) is 9.51. The van der Waals surface area contributed by atoms with Crippen LogP contribution in [-0.4, -0.2) is 37.1 Å². The molecule has 6 nitrogen and oxygen atoms in total. The Kier molecular flexibility index (Phi) is 11.7. The molecule has 86 valence electrons. The number of rotatable bonds is 8. The largest absolute Gasteiger partial charge is 1.00 e. The molecule has 0 atom stereocenters. The maximum absolute atomic E-state index is 11.7. The first kappa shape index (κ1) is 18.0. The Morgan fingerprint density at radius 2 is 1.87 bits per heavy atom. The van der Waals surface area contributed by atoms with E-state index < -0.39 is 13.6 Å². The summed E-state index contributed by atoms with van der Waals surface area (Å²) in [5.41, 5.74) is 0. The Bertz CT molecular complexity index is 221. The van der Waals surface area contributed by atoms with Crippen LogP contribution < -0.4 is 34.9 Å². The van der Waals surface area contributed by atoms with E-state index >= 15 is 0 Å². The Labute approximate surface area is 113 Å². The van der Waals surface area contributed by atoms with Gasteiger partial charge in [0, 0.05) is 0 Å². The Morgan fingerprint density at radius 1 is 1.40 bits per heavy atom. The van der Waals surface area contributed by atoms with Crippen molar-refractivity contribution in [1.29, 1.82) is 0 Å². The number of aliphatic carboxylic acids is 1. The molecule has 0 amide bonds. The number of carboxylic acids is 1. The van der Waals surface area contributed by atoms with Gasteiger partial charge in [0.15, 0.2) is 0 Å². The fourth-order valence-corrected chi connectivity index (χ4v) is 2.25. The molecule has 0 aliphatic rings. The SMILES string of the molecule is CCOP(=O)(CNCC(=O)O)OCC.[H-].[Na+]. The first-order valence-corrected chi connectivity index (χ1v) is 6.07. The molecule has 0 aromatic carbocycles. The predicted octanol–water partition coefficient (Wildman–Crippen LogP) is -2.00. The summed E-state index contributed by atoms with van der Waals surface area (Å²) in [6.07, 6.45) is -0.0824. The van der Waals surface area contributed by atoms with Gasteiger partial charge in [-0.15, -0.1) is 0 Å². The summed E-state index contributed by atoms with van der Waals surface area (Å²) in [5, 5.41) is 10.8. The molecule has 8 heteroatoms. The van der Waals surface area contributed by atoms with Crippen LogP contribution in [0.5, 0.6) is 0 Å². The molecule has 0 spiro atoms. The molecule has 0 heterocycles. The molecule has 0 bridgehead atoms. The normalized spacial score (nSPS) is 10.8. The van der Waals surface area contributed by atoms with Crippen LogP contribution in [0.4, 0.5) is 0 Å². The van der Waals surface area contributed by atoms with Gasteiger partial charge >= 0.3 is 43.1 Å². The molecular formula is C7H17NNaO5P. The summed E-state index contributed by atoms with van der Waals surface area (Å²) in [6, 6.07) is 0. The molecule has 0 rings (SSSR count). The van der Waals surface area contributed by atoms with E-state index in [0.717, 1.165) is 0 Å². The topological polar surface area (TPSA) is 84.9 Å². The molecule has 0 unspecified atom stereocenters. The molecule has 2 N–H and O–H groups in total. The predicted molar refractivity (Wildman–Crippen MR) is 52.5 cm³/mol. The Balaban J connectivity index is -0.000000845. The number of hydrogen-bond donors (Lipinski definition) is 2. The third-order valence-electron chi connectivity index (χ3n) is 1.23. The minimum Gasteiger partial charge on any atom is -1.00 e. The van der Waals surface area contributed by atoms with Crippen molar-refractivity contribution < 1.29 is 54.5 Å². The summed E-state index contributed by atoms with van der Waals surface area (Å²) in [7, 11) is -3.15. The average molecular weight is 249 g/mol. The van der Waals surface area contributed by atoms with Gasteiger partial charge in [0.05, 0.1) is 26.0 Å². The van der Waals surface area contributed by atoms with Crippen molar-refractivity contribution >= 4 is 13.6 Å². The van der Waals surface area contributed by atoms with Crippen LogP contribution in [0.2, 0.25) is 0 Å². The molecule has 0 saturated carbocycles. The van der Waals surface area contributed by atoms with E-state index in [1.807, 2.05) is 0 Å². The van der Waals surface area contributed by atoms with Gasteiger partial charge in [-0.2, -0.15) is 0 Å². The summed E-state index contributed by atoms with van der Waals surface area (Å²) >= 11 is 0. The van der Waals surface area contributed by atoms with E-state index in [-0.39, 0.29) is 57.0 Å². The van der Waals surface area contributed by atoms with E-state index in [4.69, 9.17) is 14.2 Å². The standard InChI is InChI=1S/C7H16NO5P.Na.H/c1-3-12-14(11,13-4-2)6-8-5-7(9)10;;/h8H,3-6H2,1-2H3,(H,9,10);;/q;+1;-1. The Morgan fingerprint density at radius 3 is 2.20 bits per heavy atom. The van der Waals surface area contributed by atoms with Crippen LogP contribution in [0.25, 0.3) is 0 Å². The maximum atomic E-state index is 11.7. The fraction of sp³-hybridized carbons (Fsp3) is 0.857. The summed E-state index contributed by atoms with van der Waals surface area (Å²) in [6.45, 7) is 3.67. The van der Waals surface area contributed by atoms with Crippen molar-refractivity contribution in [3.8, 4) is 0 Å². The maximum Gasteiger partial charge on any atom is 1.00 e. The first-order chi connectivity index (χ1) is 6.54. The average Bonchev–Trinajstić information content (AvgIpc) is 2.03. The van der Waals surface area contributed by atoms with E-state index in [0.29, 0.717) is 0 Å². The molecule has 0 aliphatic heterocycles. The molecule has 0 aromatic heterocycles. The van der Waals surface area contributed by atoms with Crippen molar-refractivity contribution in [3.05, 3.63) is 0 Å². The van der Waals surface area contributed by atoms with Gasteiger partial charge < -0.3 is 15.6 Å². The second-order valence-electron chi connectivity index (χ2n) is 2.43. The second kappa shape index (κ2) is 9.78.